The number of nitrogens with one attached hydrogen (secondary N) is 1. The molecule has 0 aliphatic rings. The van der Waals surface area contributed by atoms with Crippen LogP contribution in [-0.2, 0) is 4.79 Å². The van der Waals surface area contributed by atoms with Crippen molar-refractivity contribution in [1.82, 2.24) is 10.2 Å². The smallest absolute Gasteiger partial charge is 0.238 e. The van der Waals surface area contributed by atoms with Gasteiger partial charge in [-0.05, 0) is 0 Å². The molecule has 112 valence electrons. The van der Waals surface area contributed by atoms with Gasteiger partial charge >= 0.3 is 0 Å². The molecule has 9 heteroatoms. The van der Waals surface area contributed by atoms with Crippen LogP contribution in [-0.4, -0.2) is 60.3 Å². The number of nitrogens with zero attached hydrogens (tertiary/aromatic N) is 1. The van der Waals surface area contributed by atoms with Crippen molar-refractivity contribution in [3.63, 3.8) is 0 Å². The molecule has 0 rings (SSSR count). The fourth-order valence-electron chi connectivity index (χ4n) is 1.36. The standard InChI is InChI=1S/C9H21N3OS3.2ClH/c10-1-2-11-9(13)8(7-16)12(3-5-14)4-6-15;;/h8,14-16H,1-7,10H2,(H,11,13);2*1H. The summed E-state index contributed by atoms with van der Waals surface area (Å²) in [5.74, 6) is 1.88. The molecule has 0 saturated heterocycles. The molecule has 0 saturated carbocycles. The molecule has 1 atom stereocenters. The van der Waals surface area contributed by atoms with Crippen molar-refractivity contribution in [3.8, 4) is 0 Å². The van der Waals surface area contributed by atoms with Gasteiger partial charge in [0.1, 0.15) is 0 Å². The van der Waals surface area contributed by atoms with Gasteiger partial charge < -0.3 is 11.1 Å². The normalized spacial score (nSPS) is 11.4. The van der Waals surface area contributed by atoms with Crippen molar-refractivity contribution in [2.24, 2.45) is 5.73 Å². The van der Waals surface area contributed by atoms with Crippen LogP contribution < -0.4 is 11.1 Å². The Morgan fingerprint density at radius 1 is 1.17 bits per heavy atom. The monoisotopic (exact) mass is 355 g/mol. The first-order chi connectivity index (χ1) is 7.71. The van der Waals surface area contributed by atoms with Gasteiger partial charge in [0.25, 0.3) is 0 Å². The molecule has 0 aliphatic heterocycles. The van der Waals surface area contributed by atoms with Gasteiger partial charge in [0, 0.05) is 43.4 Å². The SMILES string of the molecule is Cl.Cl.NCCNC(=O)C(CS)N(CCS)CCS. The number of carbonyl (C=O) groups is 1. The molecule has 0 bridgehead atoms. The van der Waals surface area contributed by atoms with Gasteiger partial charge in [-0.15, -0.1) is 24.8 Å². The minimum atomic E-state index is -0.228. The number of hydrogen-bond acceptors (Lipinski definition) is 6. The van der Waals surface area contributed by atoms with Crippen LogP contribution in [0.3, 0.4) is 0 Å². The minimum Gasteiger partial charge on any atom is -0.353 e. The van der Waals surface area contributed by atoms with Gasteiger partial charge in [-0.2, -0.15) is 37.9 Å². The number of halogens is 2. The zero-order valence-electron chi connectivity index (χ0n) is 10.1. The highest BCUT2D eigenvalue weighted by Gasteiger charge is 2.22. The summed E-state index contributed by atoms with van der Waals surface area (Å²) in [5.41, 5.74) is 5.34. The Balaban J connectivity index is -0.00000112. The Labute approximate surface area is 138 Å². The lowest BCUT2D eigenvalue weighted by molar-refractivity contribution is -0.125. The fraction of sp³-hybridized carbons (Fsp3) is 0.889. The van der Waals surface area contributed by atoms with Gasteiger partial charge in [-0.1, -0.05) is 0 Å². The van der Waals surface area contributed by atoms with Crippen LogP contribution >= 0.6 is 62.7 Å². The Hall–Kier alpha value is 1.02. The summed E-state index contributed by atoms with van der Waals surface area (Å²) >= 11 is 12.6. The summed E-state index contributed by atoms with van der Waals surface area (Å²) in [5, 5.41) is 2.78. The first-order valence-corrected chi connectivity index (χ1v) is 7.15. The van der Waals surface area contributed by atoms with E-state index in [2.05, 4.69) is 43.2 Å². The number of thiol groups is 3. The lowest BCUT2D eigenvalue weighted by Crippen LogP contribution is -2.50. The first kappa shape index (κ1) is 24.1. The summed E-state index contributed by atoms with van der Waals surface area (Å²) in [4.78, 5) is 13.9. The second-order valence-corrected chi connectivity index (χ2v) is 4.52. The maximum Gasteiger partial charge on any atom is 0.238 e. The third-order valence-electron chi connectivity index (χ3n) is 2.13. The number of rotatable bonds is 9. The summed E-state index contributed by atoms with van der Waals surface area (Å²) in [6, 6.07) is -0.228. The molecule has 0 heterocycles. The molecule has 0 aromatic carbocycles. The largest absolute Gasteiger partial charge is 0.353 e. The number of nitrogens with two attached hydrogens (primary N) is 1. The first-order valence-electron chi connectivity index (χ1n) is 5.25. The summed E-state index contributed by atoms with van der Waals surface area (Å²) in [7, 11) is 0. The van der Waals surface area contributed by atoms with E-state index in [-0.39, 0.29) is 36.8 Å². The van der Waals surface area contributed by atoms with Crippen LogP contribution in [0.15, 0.2) is 0 Å². The Morgan fingerprint density at radius 3 is 2.00 bits per heavy atom. The second-order valence-electron chi connectivity index (χ2n) is 3.26. The van der Waals surface area contributed by atoms with Crippen LogP contribution in [0.25, 0.3) is 0 Å². The third-order valence-corrected chi connectivity index (χ3v) is 2.88. The predicted octanol–water partition coefficient (Wildman–Crippen LogP) is 0.365. The molecular weight excluding hydrogens is 333 g/mol. The molecule has 1 unspecified atom stereocenters. The zero-order valence-corrected chi connectivity index (χ0v) is 14.4. The van der Waals surface area contributed by atoms with Crippen molar-refractivity contribution >= 4 is 68.6 Å². The lowest BCUT2D eigenvalue weighted by atomic mass is 10.2. The van der Waals surface area contributed by atoms with Crippen molar-refractivity contribution in [2.45, 2.75) is 6.04 Å². The van der Waals surface area contributed by atoms with E-state index in [1.807, 2.05) is 4.90 Å². The molecule has 0 fully saturated rings. The zero-order chi connectivity index (χ0) is 12.4. The van der Waals surface area contributed by atoms with Gasteiger partial charge in [0.05, 0.1) is 6.04 Å². The van der Waals surface area contributed by atoms with E-state index < -0.39 is 0 Å². The number of amides is 1. The maximum atomic E-state index is 11.8. The van der Waals surface area contributed by atoms with Crippen LogP contribution in [0.5, 0.6) is 0 Å². The molecule has 1 amide bonds. The molecule has 0 aromatic rings. The molecule has 3 N–H and O–H groups in total. The van der Waals surface area contributed by atoms with Crippen molar-refractivity contribution in [3.05, 3.63) is 0 Å². The van der Waals surface area contributed by atoms with Crippen molar-refractivity contribution in [2.75, 3.05) is 43.4 Å². The Morgan fingerprint density at radius 2 is 1.67 bits per heavy atom. The quantitative estimate of drug-likeness (QED) is 0.388. The third kappa shape index (κ3) is 9.89. The van der Waals surface area contributed by atoms with E-state index in [0.29, 0.717) is 30.3 Å². The topological polar surface area (TPSA) is 58.4 Å². The van der Waals surface area contributed by atoms with E-state index in [1.54, 1.807) is 0 Å². The van der Waals surface area contributed by atoms with E-state index in [0.717, 1.165) is 13.1 Å². The minimum absolute atomic E-state index is 0. The van der Waals surface area contributed by atoms with Crippen LogP contribution in [0.4, 0.5) is 0 Å². The molecule has 18 heavy (non-hydrogen) atoms. The summed E-state index contributed by atoms with van der Waals surface area (Å²) in [6.45, 7) is 2.46. The number of hydrogen-bond donors (Lipinski definition) is 5. The number of carbonyl (C=O) groups excluding carboxylic acids is 1. The highest BCUT2D eigenvalue weighted by atomic mass is 35.5. The average molecular weight is 356 g/mol. The summed E-state index contributed by atoms with van der Waals surface area (Å²) < 4.78 is 0. The highest BCUT2D eigenvalue weighted by Crippen LogP contribution is 2.03. The van der Waals surface area contributed by atoms with Crippen LogP contribution in [0.1, 0.15) is 0 Å². The van der Waals surface area contributed by atoms with E-state index in [9.17, 15) is 4.79 Å². The lowest BCUT2D eigenvalue weighted by Gasteiger charge is -2.28. The van der Waals surface area contributed by atoms with Gasteiger partial charge in [-0.3, -0.25) is 9.69 Å². The average Bonchev–Trinajstić information content (AvgIpc) is 2.28. The fourth-order valence-corrected chi connectivity index (χ4v) is 2.27. The van der Waals surface area contributed by atoms with Gasteiger partial charge in [0.2, 0.25) is 5.91 Å². The van der Waals surface area contributed by atoms with E-state index in [1.165, 1.54) is 0 Å². The highest BCUT2D eigenvalue weighted by molar-refractivity contribution is 7.80. The second kappa shape index (κ2) is 16.1. The Kier molecular flexibility index (Phi) is 21.5. The van der Waals surface area contributed by atoms with Crippen molar-refractivity contribution < 1.29 is 4.79 Å². The van der Waals surface area contributed by atoms with Gasteiger partial charge in [-0.25, -0.2) is 0 Å². The van der Waals surface area contributed by atoms with Crippen molar-refractivity contribution in [1.29, 1.82) is 0 Å². The van der Waals surface area contributed by atoms with Gasteiger partial charge in [0.15, 0.2) is 0 Å². The Bertz CT molecular complexity index is 198. The molecule has 0 spiro atoms. The van der Waals surface area contributed by atoms with E-state index in [4.69, 9.17) is 5.73 Å². The van der Waals surface area contributed by atoms with E-state index >= 15 is 0 Å². The molecule has 0 aliphatic carbocycles. The maximum absolute atomic E-state index is 11.8. The predicted molar refractivity (Wildman–Crippen MR) is 93.5 cm³/mol. The molecule has 0 radical (unpaired) electrons. The van der Waals surface area contributed by atoms with Crippen LogP contribution in [0.2, 0.25) is 0 Å². The molecule has 0 aromatic heterocycles. The summed E-state index contributed by atoms with van der Waals surface area (Å²) in [6.07, 6.45) is 0. The van der Waals surface area contributed by atoms with Crippen LogP contribution in [0, 0.1) is 0 Å². The molecular formula is C9H23Cl2N3OS3. The molecule has 4 nitrogen and oxygen atoms in total.